The van der Waals surface area contributed by atoms with Crippen molar-refractivity contribution in [1.29, 1.82) is 10.5 Å². The highest BCUT2D eigenvalue weighted by molar-refractivity contribution is 14.1. The van der Waals surface area contributed by atoms with E-state index in [2.05, 4.69) is 4.98 Å². The van der Waals surface area contributed by atoms with E-state index < -0.39 is 11.4 Å². The monoisotopic (exact) mass is 380 g/mol. The summed E-state index contributed by atoms with van der Waals surface area (Å²) in [6, 6.07) is 7.68. The number of nitrogens with zero attached hydrogens (tertiary/aromatic N) is 2. The quantitative estimate of drug-likeness (QED) is 0.739. The number of anilines is 1. The van der Waals surface area contributed by atoms with Gasteiger partial charge in [0, 0.05) is 14.7 Å². The van der Waals surface area contributed by atoms with Gasteiger partial charge in [-0.25, -0.2) is 4.39 Å². The lowest BCUT2D eigenvalue weighted by molar-refractivity contribution is 0.631. The molecule has 5 nitrogen and oxygen atoms in total. The Labute approximate surface area is 126 Å². The Morgan fingerprint density at radius 3 is 2.50 bits per heavy atom. The van der Waals surface area contributed by atoms with Crippen LogP contribution in [0.1, 0.15) is 11.1 Å². The molecule has 2 rings (SSSR count). The number of nitriles is 2. The van der Waals surface area contributed by atoms with Crippen LogP contribution in [0.25, 0.3) is 11.1 Å². The van der Waals surface area contributed by atoms with Crippen molar-refractivity contribution >= 4 is 28.4 Å². The Hall–Kier alpha value is -2.39. The largest absolute Gasteiger partial charge is 0.384 e. The molecule has 2 aromatic rings. The molecule has 7 heteroatoms. The van der Waals surface area contributed by atoms with Gasteiger partial charge in [-0.2, -0.15) is 10.5 Å². The number of halogens is 2. The topological polar surface area (TPSA) is 106 Å². The number of nitrogens with two attached hydrogens (primary N) is 1. The number of nitrogen functional groups attached to an aromatic ring is 1. The summed E-state index contributed by atoms with van der Waals surface area (Å²) < 4.78 is 14.7. The van der Waals surface area contributed by atoms with Crippen LogP contribution in [-0.4, -0.2) is 4.98 Å². The van der Waals surface area contributed by atoms with E-state index in [0.29, 0.717) is 3.57 Å². The number of hydrogen-bond donors (Lipinski definition) is 2. The second-order valence-electron chi connectivity index (χ2n) is 3.84. The molecule has 0 atom stereocenters. The van der Waals surface area contributed by atoms with Crippen LogP contribution in [0.2, 0.25) is 0 Å². The van der Waals surface area contributed by atoms with E-state index in [1.54, 1.807) is 12.1 Å². The van der Waals surface area contributed by atoms with E-state index in [9.17, 15) is 9.18 Å². The molecule has 0 saturated heterocycles. The summed E-state index contributed by atoms with van der Waals surface area (Å²) in [6.45, 7) is 0. The first-order chi connectivity index (χ1) is 9.49. The van der Waals surface area contributed by atoms with Gasteiger partial charge < -0.3 is 10.7 Å². The maximum atomic E-state index is 14.0. The molecule has 3 N–H and O–H groups in total. The smallest absolute Gasteiger partial charge is 0.268 e. The maximum Gasteiger partial charge on any atom is 0.268 e. The van der Waals surface area contributed by atoms with Crippen LogP contribution >= 0.6 is 22.6 Å². The second-order valence-corrected chi connectivity index (χ2v) is 5.09. The van der Waals surface area contributed by atoms with Crippen molar-refractivity contribution in [3.63, 3.8) is 0 Å². The molecule has 0 fully saturated rings. The molecule has 98 valence electrons. The lowest BCUT2D eigenvalue weighted by atomic mass is 9.96. The molecule has 1 aromatic heterocycles. The first kappa shape index (κ1) is 14.0. The molecule has 20 heavy (non-hydrogen) atoms. The third kappa shape index (κ3) is 2.24. The lowest BCUT2D eigenvalue weighted by Gasteiger charge is -2.10. The van der Waals surface area contributed by atoms with Gasteiger partial charge in [-0.15, -0.1) is 0 Å². The fourth-order valence-electron chi connectivity index (χ4n) is 1.80. The minimum Gasteiger partial charge on any atom is -0.384 e. The van der Waals surface area contributed by atoms with Crippen LogP contribution < -0.4 is 11.3 Å². The number of aromatic amines is 1. The molecule has 0 spiro atoms. The maximum absolute atomic E-state index is 14.0. The fourth-order valence-corrected chi connectivity index (χ4v) is 2.29. The summed E-state index contributed by atoms with van der Waals surface area (Å²) in [5.41, 5.74) is 4.28. The molecule has 0 aliphatic carbocycles. The van der Waals surface area contributed by atoms with Gasteiger partial charge in [0.05, 0.1) is 0 Å². The standard InChI is InChI=1S/C13H6FIN4O/c14-10-2-1-6(15)3-7(10)11-8(4-16)12(18)19-13(20)9(11)5-17/h1-3H,(H3,18,19,20). The molecule has 0 bridgehead atoms. The number of rotatable bonds is 1. The predicted octanol–water partition coefficient (Wildman–Crippen LogP) is 2.11. The highest BCUT2D eigenvalue weighted by Gasteiger charge is 2.20. The Kier molecular flexibility index (Phi) is 3.72. The van der Waals surface area contributed by atoms with E-state index in [0.717, 1.165) is 0 Å². The number of hydrogen-bond acceptors (Lipinski definition) is 4. The van der Waals surface area contributed by atoms with Crippen LogP contribution in [0, 0.1) is 32.0 Å². The molecule has 0 radical (unpaired) electrons. The van der Waals surface area contributed by atoms with Gasteiger partial charge in [-0.05, 0) is 40.8 Å². The molecule has 0 saturated carbocycles. The first-order valence-electron chi connectivity index (χ1n) is 5.31. The third-order valence-corrected chi connectivity index (χ3v) is 3.34. The van der Waals surface area contributed by atoms with Crippen molar-refractivity contribution in [2.75, 3.05) is 5.73 Å². The summed E-state index contributed by atoms with van der Waals surface area (Å²) in [6.07, 6.45) is 0. The number of nitrogens with one attached hydrogen (secondary N) is 1. The number of aromatic nitrogens is 1. The van der Waals surface area contributed by atoms with E-state index in [-0.39, 0.29) is 28.1 Å². The lowest BCUT2D eigenvalue weighted by Crippen LogP contribution is -2.16. The average Bonchev–Trinajstić information content (AvgIpc) is 2.41. The molecule has 0 aliphatic heterocycles. The van der Waals surface area contributed by atoms with Crippen molar-refractivity contribution in [1.82, 2.24) is 4.98 Å². The fraction of sp³-hybridized carbons (Fsp3) is 0. The first-order valence-corrected chi connectivity index (χ1v) is 6.38. The van der Waals surface area contributed by atoms with Crippen LogP contribution in [-0.2, 0) is 0 Å². The molecule has 1 aromatic carbocycles. The Balaban J connectivity index is 3.00. The zero-order valence-corrected chi connectivity index (χ0v) is 12.0. The van der Waals surface area contributed by atoms with Crippen LogP contribution in [0.3, 0.4) is 0 Å². The van der Waals surface area contributed by atoms with Gasteiger partial charge in [0.1, 0.15) is 34.9 Å². The Morgan fingerprint density at radius 1 is 1.25 bits per heavy atom. The number of H-pyrrole nitrogens is 1. The van der Waals surface area contributed by atoms with Crippen LogP contribution in [0.4, 0.5) is 10.2 Å². The normalized spacial score (nSPS) is 9.80. The van der Waals surface area contributed by atoms with Crippen LogP contribution in [0.5, 0.6) is 0 Å². The zero-order valence-electron chi connectivity index (χ0n) is 9.87. The van der Waals surface area contributed by atoms with Gasteiger partial charge in [0.15, 0.2) is 0 Å². The molecule has 0 amide bonds. The van der Waals surface area contributed by atoms with Crippen molar-refractivity contribution in [2.45, 2.75) is 0 Å². The summed E-state index contributed by atoms with van der Waals surface area (Å²) in [5, 5.41) is 18.2. The molecular formula is C13H6FIN4O. The minimum absolute atomic E-state index is 0.00259. The van der Waals surface area contributed by atoms with Gasteiger partial charge in [0.2, 0.25) is 0 Å². The van der Waals surface area contributed by atoms with E-state index in [1.165, 1.54) is 18.2 Å². The summed E-state index contributed by atoms with van der Waals surface area (Å²) in [5.74, 6) is -0.826. The van der Waals surface area contributed by atoms with E-state index in [4.69, 9.17) is 16.3 Å². The van der Waals surface area contributed by atoms with Crippen molar-refractivity contribution in [2.24, 2.45) is 0 Å². The minimum atomic E-state index is -0.753. The van der Waals surface area contributed by atoms with Crippen molar-refractivity contribution in [3.05, 3.63) is 49.1 Å². The predicted molar refractivity (Wildman–Crippen MR) is 79.0 cm³/mol. The summed E-state index contributed by atoms with van der Waals surface area (Å²) in [4.78, 5) is 13.9. The van der Waals surface area contributed by atoms with Gasteiger partial charge in [-0.3, -0.25) is 4.79 Å². The zero-order chi connectivity index (χ0) is 14.9. The Morgan fingerprint density at radius 2 is 1.90 bits per heavy atom. The second kappa shape index (κ2) is 5.31. The van der Waals surface area contributed by atoms with E-state index in [1.807, 2.05) is 22.6 Å². The number of pyridine rings is 1. The van der Waals surface area contributed by atoms with Gasteiger partial charge >= 0.3 is 0 Å². The molecular weight excluding hydrogens is 374 g/mol. The Bertz CT molecular complexity index is 845. The highest BCUT2D eigenvalue weighted by Crippen LogP contribution is 2.31. The molecule has 0 unspecified atom stereocenters. The summed E-state index contributed by atoms with van der Waals surface area (Å²) in [7, 11) is 0. The summed E-state index contributed by atoms with van der Waals surface area (Å²) >= 11 is 1.96. The average molecular weight is 380 g/mol. The van der Waals surface area contributed by atoms with Crippen LogP contribution in [0.15, 0.2) is 23.0 Å². The highest BCUT2D eigenvalue weighted by atomic mass is 127. The van der Waals surface area contributed by atoms with Crippen molar-refractivity contribution < 1.29 is 4.39 Å². The van der Waals surface area contributed by atoms with Gasteiger partial charge in [0.25, 0.3) is 5.56 Å². The van der Waals surface area contributed by atoms with E-state index >= 15 is 0 Å². The van der Waals surface area contributed by atoms with Gasteiger partial charge in [-0.1, -0.05) is 0 Å². The van der Waals surface area contributed by atoms with Crippen molar-refractivity contribution in [3.8, 4) is 23.3 Å². The number of benzene rings is 1. The third-order valence-electron chi connectivity index (χ3n) is 2.67. The molecule has 0 aliphatic rings. The molecule has 1 heterocycles. The SMILES string of the molecule is N#Cc1c(N)[nH]c(=O)c(C#N)c1-c1cc(I)ccc1F.